The molecule has 0 amide bonds. The summed E-state index contributed by atoms with van der Waals surface area (Å²) in [6.07, 6.45) is -3.16. The first kappa shape index (κ1) is 25.4. The van der Waals surface area contributed by atoms with Crippen molar-refractivity contribution >= 4 is 37.2 Å². The minimum Gasteiger partial charge on any atom is -0.286 e. The zero-order valence-electron chi connectivity index (χ0n) is 16.5. The lowest BCUT2D eigenvalue weighted by Crippen LogP contribution is -2.13. The van der Waals surface area contributed by atoms with Crippen molar-refractivity contribution in [1.29, 1.82) is 0 Å². The molecule has 0 aliphatic carbocycles. The second kappa shape index (κ2) is 9.35. The lowest BCUT2D eigenvalue weighted by molar-refractivity contribution is -0.438. The van der Waals surface area contributed by atoms with Crippen LogP contribution in [0.3, 0.4) is 0 Å². The summed E-state index contributed by atoms with van der Waals surface area (Å²) >= 11 is 0. The van der Waals surface area contributed by atoms with Gasteiger partial charge in [0.1, 0.15) is 12.4 Å². The number of alkyl halides is 3. The van der Waals surface area contributed by atoms with E-state index in [4.69, 9.17) is 9.11 Å². The largest absolute Gasteiger partial charge is 0.417 e. The highest BCUT2D eigenvalue weighted by molar-refractivity contribution is 7.86. The first-order valence-corrected chi connectivity index (χ1v) is 12.4. The highest BCUT2D eigenvalue weighted by Gasteiger charge is 2.43. The average Bonchev–Trinajstić information content (AvgIpc) is 2.84. The summed E-state index contributed by atoms with van der Waals surface area (Å²) in [6.45, 7) is 1.60. The van der Waals surface area contributed by atoms with E-state index in [2.05, 4.69) is 0 Å². The van der Waals surface area contributed by atoms with Crippen molar-refractivity contribution in [1.82, 2.24) is 0 Å². The fourth-order valence-corrected chi connectivity index (χ4v) is 4.52. The Hall–Kier alpha value is -1.83. The maximum Gasteiger partial charge on any atom is 0.417 e. The van der Waals surface area contributed by atoms with Gasteiger partial charge in [0, 0.05) is 19.4 Å². The summed E-state index contributed by atoms with van der Waals surface area (Å²) in [5, 5.41) is 0. The van der Waals surface area contributed by atoms with Gasteiger partial charge >= 0.3 is 6.18 Å². The van der Waals surface area contributed by atoms with Gasteiger partial charge in [-0.3, -0.25) is 9.11 Å². The third kappa shape index (κ3) is 7.09. The van der Waals surface area contributed by atoms with E-state index in [1.165, 1.54) is 17.6 Å². The first-order valence-electron chi connectivity index (χ1n) is 9.23. The van der Waals surface area contributed by atoms with Crippen molar-refractivity contribution in [2.45, 2.75) is 38.8 Å². The van der Waals surface area contributed by atoms with Crippen LogP contribution >= 0.6 is 0 Å². The van der Waals surface area contributed by atoms with Gasteiger partial charge in [-0.25, -0.2) is 4.39 Å². The van der Waals surface area contributed by atoms with Crippen LogP contribution in [0.25, 0.3) is 5.57 Å². The molecular weight excluding hydrogens is 466 g/mol. The molecule has 0 aromatic heterocycles. The Labute approximate surface area is 177 Å². The Morgan fingerprint density at radius 1 is 1.00 bits per heavy atom. The van der Waals surface area contributed by atoms with Crippen LogP contribution in [0.1, 0.15) is 43.7 Å². The van der Waals surface area contributed by atoms with Crippen molar-refractivity contribution in [3.63, 3.8) is 0 Å². The third-order valence-corrected chi connectivity index (χ3v) is 6.34. The highest BCUT2D eigenvalue weighted by atomic mass is 32.2. The summed E-state index contributed by atoms with van der Waals surface area (Å²) in [5.41, 5.74) is -0.925. The average molecular weight is 489 g/mol. The van der Waals surface area contributed by atoms with Crippen LogP contribution in [0, 0.1) is 5.82 Å². The quantitative estimate of drug-likeness (QED) is 0.237. The van der Waals surface area contributed by atoms with Gasteiger partial charge in [-0.05, 0) is 25.3 Å². The number of hydrogen-bond acceptors (Lipinski definition) is 4. The SMILES string of the molecule is CC1=[N+](CCCCS(=O)(=O)O)c2cc(F)cc(C(F)(F)F)c2/C1=C/CCCS(=O)(=O)O. The van der Waals surface area contributed by atoms with E-state index < -0.39 is 49.3 Å². The summed E-state index contributed by atoms with van der Waals surface area (Å²) < 4.78 is 117. The molecule has 31 heavy (non-hydrogen) atoms. The van der Waals surface area contributed by atoms with Crippen molar-refractivity contribution in [3.05, 3.63) is 35.2 Å². The van der Waals surface area contributed by atoms with Gasteiger partial charge in [0.25, 0.3) is 20.2 Å². The van der Waals surface area contributed by atoms with E-state index in [0.717, 1.165) is 6.07 Å². The normalized spacial score (nSPS) is 16.3. The Bertz CT molecular complexity index is 1120. The predicted molar refractivity (Wildman–Crippen MR) is 106 cm³/mol. The molecule has 0 bridgehead atoms. The molecule has 1 aliphatic rings. The monoisotopic (exact) mass is 488 g/mol. The maximum absolute atomic E-state index is 14.0. The molecule has 0 radical (unpaired) electrons. The van der Waals surface area contributed by atoms with Crippen LogP contribution in [-0.4, -0.2) is 54.3 Å². The molecule has 0 unspecified atom stereocenters. The van der Waals surface area contributed by atoms with Crippen molar-refractivity contribution < 1.29 is 48.1 Å². The van der Waals surface area contributed by atoms with Crippen molar-refractivity contribution in [2.75, 3.05) is 18.1 Å². The minimum atomic E-state index is -4.85. The Morgan fingerprint density at radius 3 is 2.13 bits per heavy atom. The molecular formula is C18H22F4NO6S2+. The zero-order valence-corrected chi connectivity index (χ0v) is 18.1. The molecule has 0 saturated heterocycles. The molecule has 0 atom stereocenters. The minimum absolute atomic E-state index is 0.0259. The molecule has 1 aliphatic heterocycles. The zero-order chi connectivity index (χ0) is 23.6. The summed E-state index contributed by atoms with van der Waals surface area (Å²) in [5.74, 6) is -2.16. The molecule has 0 fully saturated rings. The second-order valence-electron chi connectivity index (χ2n) is 7.12. The first-order chi connectivity index (χ1) is 14.1. The number of rotatable bonds is 9. The number of allylic oxidation sites excluding steroid dienone is 2. The van der Waals surface area contributed by atoms with Gasteiger partial charge in [0.05, 0.1) is 28.2 Å². The molecule has 2 rings (SSSR count). The van der Waals surface area contributed by atoms with E-state index in [9.17, 15) is 34.4 Å². The molecule has 1 heterocycles. The van der Waals surface area contributed by atoms with Crippen molar-refractivity contribution in [3.8, 4) is 0 Å². The predicted octanol–water partition coefficient (Wildman–Crippen LogP) is 3.68. The van der Waals surface area contributed by atoms with Gasteiger partial charge in [-0.15, -0.1) is 0 Å². The van der Waals surface area contributed by atoms with Gasteiger partial charge in [0.15, 0.2) is 5.71 Å². The fraction of sp³-hybridized carbons (Fsp3) is 0.500. The van der Waals surface area contributed by atoms with Crippen molar-refractivity contribution in [2.24, 2.45) is 0 Å². The molecule has 0 spiro atoms. The summed E-state index contributed by atoms with van der Waals surface area (Å²) in [7, 11) is -8.39. The molecule has 174 valence electrons. The van der Waals surface area contributed by atoms with Crippen LogP contribution in [0.2, 0.25) is 0 Å². The van der Waals surface area contributed by atoms with E-state index in [1.54, 1.807) is 0 Å². The van der Waals surface area contributed by atoms with E-state index >= 15 is 0 Å². The lowest BCUT2D eigenvalue weighted by atomic mass is 9.96. The number of benzene rings is 1. The number of hydrogen-bond donors (Lipinski definition) is 2. The molecule has 2 N–H and O–H groups in total. The van der Waals surface area contributed by atoms with Gasteiger partial charge in [0.2, 0.25) is 5.69 Å². The summed E-state index contributed by atoms with van der Waals surface area (Å²) in [6, 6.07) is 1.34. The van der Waals surface area contributed by atoms with Crippen LogP contribution < -0.4 is 0 Å². The van der Waals surface area contributed by atoms with E-state index in [0.29, 0.717) is 11.8 Å². The van der Waals surface area contributed by atoms with Gasteiger partial charge in [-0.1, -0.05) is 6.08 Å². The molecule has 0 saturated carbocycles. The number of nitrogens with zero attached hydrogens (tertiary/aromatic N) is 1. The smallest absolute Gasteiger partial charge is 0.286 e. The Morgan fingerprint density at radius 2 is 1.58 bits per heavy atom. The molecule has 1 aromatic rings. The third-order valence-electron chi connectivity index (χ3n) is 4.73. The van der Waals surface area contributed by atoms with Gasteiger partial charge in [-0.2, -0.15) is 34.6 Å². The molecule has 13 heteroatoms. The summed E-state index contributed by atoms with van der Waals surface area (Å²) in [4.78, 5) is 0. The van der Waals surface area contributed by atoms with Crippen LogP contribution in [-0.2, 0) is 26.4 Å². The number of unbranched alkanes of at least 4 members (excludes halogenated alkanes) is 2. The maximum atomic E-state index is 14.0. The lowest BCUT2D eigenvalue weighted by Gasteiger charge is -2.11. The van der Waals surface area contributed by atoms with Crippen LogP contribution in [0.4, 0.5) is 23.2 Å². The molecule has 7 nitrogen and oxygen atoms in total. The van der Waals surface area contributed by atoms with Gasteiger partial charge < -0.3 is 0 Å². The Balaban J connectivity index is 2.44. The topological polar surface area (TPSA) is 112 Å². The fourth-order valence-electron chi connectivity index (χ4n) is 3.42. The molecule has 1 aromatic carbocycles. The number of fused-ring (bicyclic) bond motifs is 1. The van der Waals surface area contributed by atoms with Crippen LogP contribution in [0.15, 0.2) is 18.2 Å². The highest BCUT2D eigenvalue weighted by Crippen LogP contribution is 2.44. The van der Waals surface area contributed by atoms with Crippen LogP contribution in [0.5, 0.6) is 0 Å². The number of halogens is 4. The van der Waals surface area contributed by atoms with E-state index in [1.807, 2.05) is 0 Å². The standard InChI is InChI=1S/C18H21F4NO6S2/c1-12-14(6-2-4-8-30(24,25)26)17-15(18(20,21)22)10-13(19)11-16(17)23(12)7-3-5-9-31(27,28)29/h6,10-11H,2-5,7-9H2,1H3,(H-,24,25,26,27,28,29)/p+1/b14-6+. The van der Waals surface area contributed by atoms with E-state index in [-0.39, 0.29) is 49.1 Å². The second-order valence-corrected chi connectivity index (χ2v) is 10.3. The Kier molecular flexibility index (Phi) is 7.67.